The third-order valence-corrected chi connectivity index (χ3v) is 7.25. The van der Waals surface area contributed by atoms with E-state index in [0.717, 1.165) is 19.3 Å². The van der Waals surface area contributed by atoms with Gasteiger partial charge >= 0.3 is 0 Å². The molecular formula is C15H17ClN2O3S3. The smallest absolute Gasteiger partial charge is 0.242 e. The molecule has 0 aliphatic rings. The standard InChI is InChI=1S/C15H17ClN2O3S3/c1-18(2)24(20,21)13-6-3-11(4-7-13)17-15(19)10-22-9-12-5-8-14(16)23-12/h3-8H,9-10H2,1-2H3,(H,17,19). The SMILES string of the molecule is CN(C)S(=O)(=O)c1ccc(NC(=O)CSCc2ccc(Cl)s2)cc1. The predicted molar refractivity (Wildman–Crippen MR) is 101 cm³/mol. The van der Waals surface area contributed by atoms with E-state index in [2.05, 4.69) is 5.32 Å². The van der Waals surface area contributed by atoms with Gasteiger partial charge in [-0.15, -0.1) is 23.1 Å². The molecule has 0 aliphatic heterocycles. The van der Waals surface area contributed by atoms with Crippen LogP contribution in [0.15, 0.2) is 41.3 Å². The van der Waals surface area contributed by atoms with Gasteiger partial charge in [-0.25, -0.2) is 12.7 Å². The molecule has 1 heterocycles. The van der Waals surface area contributed by atoms with Crippen molar-refractivity contribution in [3.63, 3.8) is 0 Å². The summed E-state index contributed by atoms with van der Waals surface area (Å²) < 4.78 is 25.8. The maximum atomic E-state index is 12.0. The monoisotopic (exact) mass is 404 g/mol. The number of halogens is 1. The Bertz CT molecular complexity index is 802. The number of sulfonamides is 1. The second-order valence-electron chi connectivity index (χ2n) is 5.06. The molecule has 130 valence electrons. The first-order valence-electron chi connectivity index (χ1n) is 6.93. The van der Waals surface area contributed by atoms with Crippen molar-refractivity contribution >= 4 is 56.3 Å². The molecule has 0 saturated carbocycles. The Hall–Kier alpha value is -1.06. The molecule has 5 nitrogen and oxygen atoms in total. The van der Waals surface area contributed by atoms with Crippen LogP contribution >= 0.6 is 34.7 Å². The zero-order chi connectivity index (χ0) is 17.7. The van der Waals surface area contributed by atoms with E-state index in [-0.39, 0.29) is 10.8 Å². The van der Waals surface area contributed by atoms with Gasteiger partial charge in [-0.2, -0.15) is 0 Å². The van der Waals surface area contributed by atoms with Crippen molar-refractivity contribution in [2.75, 3.05) is 25.2 Å². The van der Waals surface area contributed by atoms with Crippen LogP contribution < -0.4 is 5.32 Å². The Morgan fingerprint density at radius 2 is 1.88 bits per heavy atom. The number of hydrogen-bond acceptors (Lipinski definition) is 5. The van der Waals surface area contributed by atoms with Gasteiger partial charge < -0.3 is 5.32 Å². The highest BCUT2D eigenvalue weighted by Gasteiger charge is 2.16. The van der Waals surface area contributed by atoms with Crippen molar-refractivity contribution in [3.05, 3.63) is 45.6 Å². The van der Waals surface area contributed by atoms with Crippen LogP contribution in [0.4, 0.5) is 5.69 Å². The van der Waals surface area contributed by atoms with Crippen molar-refractivity contribution in [1.82, 2.24) is 4.31 Å². The average Bonchev–Trinajstić information content (AvgIpc) is 2.93. The number of anilines is 1. The molecule has 1 amide bonds. The van der Waals surface area contributed by atoms with Gasteiger partial charge in [0.05, 0.1) is 15.0 Å². The molecule has 1 N–H and O–H groups in total. The average molecular weight is 405 g/mol. The van der Waals surface area contributed by atoms with Gasteiger partial charge in [0.1, 0.15) is 0 Å². The summed E-state index contributed by atoms with van der Waals surface area (Å²) in [6.45, 7) is 0. The zero-order valence-corrected chi connectivity index (χ0v) is 16.4. The fourth-order valence-electron chi connectivity index (χ4n) is 1.79. The van der Waals surface area contributed by atoms with Crippen molar-refractivity contribution in [2.45, 2.75) is 10.6 Å². The third kappa shape index (κ3) is 5.22. The summed E-state index contributed by atoms with van der Waals surface area (Å²) in [6.07, 6.45) is 0. The predicted octanol–water partition coefficient (Wildman–Crippen LogP) is 3.52. The lowest BCUT2D eigenvalue weighted by molar-refractivity contribution is -0.113. The van der Waals surface area contributed by atoms with E-state index in [9.17, 15) is 13.2 Å². The number of rotatable bonds is 7. The Morgan fingerprint density at radius 1 is 1.21 bits per heavy atom. The Morgan fingerprint density at radius 3 is 2.42 bits per heavy atom. The highest BCUT2D eigenvalue weighted by atomic mass is 35.5. The first-order chi connectivity index (χ1) is 11.3. The lowest BCUT2D eigenvalue weighted by atomic mass is 10.3. The van der Waals surface area contributed by atoms with Crippen LogP contribution in [0, 0.1) is 0 Å². The molecule has 0 fully saturated rings. The molecule has 0 unspecified atom stereocenters. The highest BCUT2D eigenvalue weighted by molar-refractivity contribution is 7.99. The molecule has 0 radical (unpaired) electrons. The number of nitrogens with one attached hydrogen (secondary N) is 1. The van der Waals surface area contributed by atoms with Gasteiger partial charge in [-0.3, -0.25) is 4.79 Å². The second kappa shape index (κ2) is 8.35. The molecule has 0 atom stereocenters. The summed E-state index contributed by atoms with van der Waals surface area (Å²) in [7, 11) is -0.508. The van der Waals surface area contributed by atoms with Gasteiger partial charge in [0.15, 0.2) is 0 Å². The number of benzene rings is 1. The minimum atomic E-state index is -3.46. The minimum Gasteiger partial charge on any atom is -0.325 e. The first kappa shape index (κ1) is 19.3. The fourth-order valence-corrected chi connectivity index (χ4v) is 4.72. The number of nitrogens with zero attached hydrogens (tertiary/aromatic N) is 1. The molecule has 1 aromatic heterocycles. The Kier molecular flexibility index (Phi) is 6.70. The Labute approximate surface area is 155 Å². The molecule has 0 aliphatic carbocycles. The van der Waals surface area contributed by atoms with Gasteiger partial charge in [0, 0.05) is 30.4 Å². The summed E-state index contributed by atoms with van der Waals surface area (Å²) in [5.74, 6) is 0.906. The van der Waals surface area contributed by atoms with Crippen LogP contribution in [0.5, 0.6) is 0 Å². The van der Waals surface area contributed by atoms with E-state index in [1.807, 2.05) is 12.1 Å². The maximum Gasteiger partial charge on any atom is 0.242 e. The van der Waals surface area contributed by atoms with Crippen LogP contribution in [-0.4, -0.2) is 38.5 Å². The van der Waals surface area contributed by atoms with Crippen LogP contribution in [0.3, 0.4) is 0 Å². The number of carbonyl (C=O) groups is 1. The lowest BCUT2D eigenvalue weighted by Crippen LogP contribution is -2.22. The van der Waals surface area contributed by atoms with Crippen LogP contribution in [-0.2, 0) is 20.6 Å². The van der Waals surface area contributed by atoms with E-state index in [0.29, 0.717) is 11.4 Å². The van der Waals surface area contributed by atoms with Crippen LogP contribution in [0.2, 0.25) is 4.34 Å². The molecular weight excluding hydrogens is 388 g/mol. The minimum absolute atomic E-state index is 0.133. The fraction of sp³-hybridized carbons (Fsp3) is 0.267. The van der Waals surface area contributed by atoms with E-state index in [1.54, 1.807) is 12.1 Å². The quantitative estimate of drug-likeness (QED) is 0.766. The molecule has 1 aromatic carbocycles. The summed E-state index contributed by atoms with van der Waals surface area (Å²) >= 11 is 8.85. The topological polar surface area (TPSA) is 66.5 Å². The van der Waals surface area contributed by atoms with Crippen molar-refractivity contribution < 1.29 is 13.2 Å². The van der Waals surface area contributed by atoms with E-state index < -0.39 is 10.0 Å². The van der Waals surface area contributed by atoms with Gasteiger partial charge in [-0.05, 0) is 36.4 Å². The van der Waals surface area contributed by atoms with Crippen LogP contribution in [0.1, 0.15) is 4.88 Å². The number of thiophene rings is 1. The first-order valence-corrected chi connectivity index (χ1v) is 10.7. The number of carbonyl (C=O) groups excluding carboxylic acids is 1. The van der Waals surface area contributed by atoms with Crippen molar-refractivity contribution in [1.29, 1.82) is 0 Å². The summed E-state index contributed by atoms with van der Waals surface area (Å²) in [6, 6.07) is 9.90. The second-order valence-corrected chi connectivity index (χ2v) is 10.00. The molecule has 0 bridgehead atoms. The molecule has 9 heteroatoms. The maximum absolute atomic E-state index is 12.0. The number of hydrogen-bond donors (Lipinski definition) is 1. The molecule has 0 saturated heterocycles. The lowest BCUT2D eigenvalue weighted by Gasteiger charge is -2.12. The van der Waals surface area contributed by atoms with E-state index >= 15 is 0 Å². The van der Waals surface area contributed by atoms with Crippen LogP contribution in [0.25, 0.3) is 0 Å². The third-order valence-electron chi connectivity index (χ3n) is 3.02. The van der Waals surface area contributed by atoms with Crippen molar-refractivity contribution in [3.8, 4) is 0 Å². The van der Waals surface area contributed by atoms with Gasteiger partial charge in [-0.1, -0.05) is 11.6 Å². The number of amides is 1. The molecule has 0 spiro atoms. The van der Waals surface area contributed by atoms with Gasteiger partial charge in [0.25, 0.3) is 0 Å². The Balaban J connectivity index is 1.86. The summed E-state index contributed by atoms with van der Waals surface area (Å²) in [4.78, 5) is 13.2. The number of thioether (sulfide) groups is 1. The van der Waals surface area contributed by atoms with E-state index in [4.69, 9.17) is 11.6 Å². The highest BCUT2D eigenvalue weighted by Crippen LogP contribution is 2.25. The van der Waals surface area contributed by atoms with Gasteiger partial charge in [0.2, 0.25) is 15.9 Å². The molecule has 2 aromatic rings. The van der Waals surface area contributed by atoms with Crippen molar-refractivity contribution in [2.24, 2.45) is 0 Å². The molecule has 24 heavy (non-hydrogen) atoms. The molecule has 2 rings (SSSR count). The zero-order valence-electron chi connectivity index (χ0n) is 13.2. The van der Waals surface area contributed by atoms with E-state index in [1.165, 1.54) is 49.3 Å². The summed E-state index contributed by atoms with van der Waals surface area (Å²) in [5.41, 5.74) is 0.567. The largest absolute Gasteiger partial charge is 0.325 e. The summed E-state index contributed by atoms with van der Waals surface area (Å²) in [5, 5.41) is 2.75. The normalized spacial score (nSPS) is 11.7.